The summed E-state index contributed by atoms with van der Waals surface area (Å²) in [5.74, 6) is 2.39. The van der Waals surface area contributed by atoms with Crippen LogP contribution in [-0.4, -0.2) is 66.7 Å². The molecule has 2 aliphatic heterocycles. The number of carbonyl (C=O) groups is 1. The molecule has 0 aliphatic carbocycles. The summed E-state index contributed by atoms with van der Waals surface area (Å²) < 4.78 is 19.1. The summed E-state index contributed by atoms with van der Waals surface area (Å²) in [6.45, 7) is 4.68. The van der Waals surface area contributed by atoms with Gasteiger partial charge in [-0.3, -0.25) is 4.90 Å². The number of methoxy groups -OCH3 is 2. The van der Waals surface area contributed by atoms with Crippen molar-refractivity contribution in [2.75, 3.05) is 40.5 Å². The molecule has 0 spiro atoms. The van der Waals surface area contributed by atoms with Gasteiger partial charge in [0.1, 0.15) is 23.9 Å². The molecule has 4 aromatic rings. The Kier molecular flexibility index (Phi) is 8.51. The van der Waals surface area contributed by atoms with Gasteiger partial charge in [-0.15, -0.1) is 0 Å². The lowest BCUT2D eigenvalue weighted by molar-refractivity contribution is 0.183. The number of piperidine rings is 1. The highest BCUT2D eigenvalue weighted by Gasteiger charge is 2.34. The zero-order chi connectivity index (χ0) is 29.8. The predicted octanol–water partition coefficient (Wildman–Crippen LogP) is 5.80. The number of benzene rings is 3. The van der Waals surface area contributed by atoms with E-state index in [9.17, 15) is 4.79 Å². The third kappa shape index (κ3) is 6.32. The van der Waals surface area contributed by atoms with Crippen molar-refractivity contribution in [1.82, 2.24) is 14.5 Å². The molecule has 2 N–H and O–H groups in total. The third-order valence-corrected chi connectivity index (χ3v) is 8.44. The van der Waals surface area contributed by atoms with Crippen molar-refractivity contribution in [3.63, 3.8) is 0 Å². The molecule has 0 radical (unpaired) electrons. The van der Waals surface area contributed by atoms with Crippen molar-refractivity contribution in [1.29, 1.82) is 0 Å². The number of hydrogen-bond acceptors (Lipinski definition) is 6. The summed E-state index contributed by atoms with van der Waals surface area (Å²) in [5.41, 5.74) is 10.7. The number of nitrogens with zero attached hydrogens (tertiary/aromatic N) is 4. The number of aromatic nitrogens is 1. The van der Waals surface area contributed by atoms with E-state index < -0.39 is 6.03 Å². The van der Waals surface area contributed by atoms with Crippen molar-refractivity contribution >= 4 is 22.6 Å². The maximum Gasteiger partial charge on any atom is 0.335 e. The SMILES string of the molecule is COc1ccc(C2=NN(C(N)=O)C(c3cn(Cc4ccc(OCCN5CCCCC5)cc4)c4ccc(OC)cc34)C2)cc1. The van der Waals surface area contributed by atoms with Crippen LogP contribution in [0.4, 0.5) is 4.79 Å². The first-order valence-electron chi connectivity index (χ1n) is 14.9. The Morgan fingerprint density at radius 1 is 0.907 bits per heavy atom. The first kappa shape index (κ1) is 28.6. The van der Waals surface area contributed by atoms with Crippen LogP contribution in [0, 0.1) is 0 Å². The van der Waals surface area contributed by atoms with Gasteiger partial charge in [0.05, 0.1) is 26.0 Å². The molecule has 3 aromatic carbocycles. The topological polar surface area (TPSA) is 94.5 Å². The number of carbonyl (C=O) groups excluding carboxylic acids is 1. The molecule has 0 bridgehead atoms. The number of nitrogens with two attached hydrogens (primary N) is 1. The minimum atomic E-state index is -0.590. The second-order valence-electron chi connectivity index (χ2n) is 11.2. The molecule has 1 saturated heterocycles. The van der Waals surface area contributed by atoms with Crippen LogP contribution in [0.2, 0.25) is 0 Å². The molecule has 1 unspecified atom stereocenters. The zero-order valence-electron chi connectivity index (χ0n) is 24.9. The minimum absolute atomic E-state index is 0.346. The Balaban J connectivity index is 1.23. The van der Waals surface area contributed by atoms with Gasteiger partial charge in [-0.05, 0) is 91.7 Å². The van der Waals surface area contributed by atoms with Crippen molar-refractivity contribution in [3.05, 3.63) is 89.6 Å². The zero-order valence-corrected chi connectivity index (χ0v) is 24.9. The Morgan fingerprint density at radius 2 is 1.60 bits per heavy atom. The lowest BCUT2D eigenvalue weighted by atomic mass is 9.98. The number of hydrogen-bond donors (Lipinski definition) is 1. The fraction of sp³-hybridized carbons (Fsp3) is 0.353. The van der Waals surface area contributed by atoms with E-state index in [1.807, 2.05) is 48.5 Å². The highest BCUT2D eigenvalue weighted by Crippen LogP contribution is 2.39. The monoisotopic (exact) mass is 581 g/mol. The lowest BCUT2D eigenvalue weighted by Gasteiger charge is -2.26. The number of fused-ring (bicyclic) bond motifs is 1. The molecule has 224 valence electrons. The first-order chi connectivity index (χ1) is 21.0. The molecule has 9 heteroatoms. The molecule has 1 atom stereocenters. The van der Waals surface area contributed by atoms with Crippen LogP contribution < -0.4 is 19.9 Å². The Labute approximate surface area is 252 Å². The van der Waals surface area contributed by atoms with Crippen molar-refractivity contribution in [3.8, 4) is 17.2 Å². The van der Waals surface area contributed by atoms with Crippen molar-refractivity contribution < 1.29 is 19.0 Å². The van der Waals surface area contributed by atoms with E-state index in [1.165, 1.54) is 37.4 Å². The number of primary amides is 1. The first-order valence-corrected chi connectivity index (χ1v) is 14.9. The van der Waals surface area contributed by atoms with Crippen LogP contribution >= 0.6 is 0 Å². The number of urea groups is 1. The molecular formula is C34H39N5O4. The van der Waals surface area contributed by atoms with E-state index in [2.05, 4.69) is 39.0 Å². The van der Waals surface area contributed by atoms with Gasteiger partial charge in [-0.1, -0.05) is 18.6 Å². The lowest BCUT2D eigenvalue weighted by Crippen LogP contribution is -2.33. The van der Waals surface area contributed by atoms with Crippen molar-refractivity contribution in [2.24, 2.45) is 10.8 Å². The molecule has 3 heterocycles. The summed E-state index contributed by atoms with van der Waals surface area (Å²) in [5, 5.41) is 7.05. The quantitative estimate of drug-likeness (QED) is 0.255. The Bertz CT molecular complexity index is 1590. The molecular weight excluding hydrogens is 542 g/mol. The van der Waals surface area contributed by atoms with Gasteiger partial charge in [-0.25, -0.2) is 9.80 Å². The number of amides is 2. The van der Waals surface area contributed by atoms with Gasteiger partial charge < -0.3 is 24.5 Å². The van der Waals surface area contributed by atoms with Crippen molar-refractivity contribution in [2.45, 2.75) is 38.3 Å². The maximum atomic E-state index is 12.6. The van der Waals surface area contributed by atoms with Crippen LogP contribution in [0.15, 0.2) is 78.0 Å². The summed E-state index contributed by atoms with van der Waals surface area (Å²) in [7, 11) is 3.29. The minimum Gasteiger partial charge on any atom is -0.497 e. The van der Waals surface area contributed by atoms with Crippen LogP contribution in [0.1, 0.15) is 48.4 Å². The molecule has 9 nitrogen and oxygen atoms in total. The summed E-state index contributed by atoms with van der Waals surface area (Å²) in [4.78, 5) is 15.1. The molecule has 1 aromatic heterocycles. The summed E-state index contributed by atoms with van der Waals surface area (Å²) in [6, 6.07) is 21.1. The largest absolute Gasteiger partial charge is 0.497 e. The molecule has 1 fully saturated rings. The summed E-state index contributed by atoms with van der Waals surface area (Å²) in [6.07, 6.45) is 6.56. The van der Waals surface area contributed by atoms with Crippen LogP contribution in [-0.2, 0) is 6.54 Å². The maximum absolute atomic E-state index is 12.6. The highest BCUT2D eigenvalue weighted by atomic mass is 16.5. The van der Waals surface area contributed by atoms with E-state index in [0.717, 1.165) is 57.1 Å². The van der Waals surface area contributed by atoms with Crippen LogP contribution in [0.25, 0.3) is 10.9 Å². The predicted molar refractivity (Wildman–Crippen MR) is 168 cm³/mol. The van der Waals surface area contributed by atoms with E-state index in [0.29, 0.717) is 19.6 Å². The van der Waals surface area contributed by atoms with E-state index in [1.54, 1.807) is 14.2 Å². The van der Waals surface area contributed by atoms with Crippen LogP contribution in [0.5, 0.6) is 17.2 Å². The van der Waals surface area contributed by atoms with Gasteiger partial charge >= 0.3 is 6.03 Å². The van der Waals surface area contributed by atoms with Crippen LogP contribution in [0.3, 0.4) is 0 Å². The van der Waals surface area contributed by atoms with E-state index in [-0.39, 0.29) is 6.04 Å². The summed E-state index contributed by atoms with van der Waals surface area (Å²) >= 11 is 0. The average Bonchev–Trinajstić information content (AvgIpc) is 3.64. The smallest absolute Gasteiger partial charge is 0.335 e. The fourth-order valence-electron chi connectivity index (χ4n) is 6.10. The molecule has 6 rings (SSSR count). The second-order valence-corrected chi connectivity index (χ2v) is 11.2. The van der Waals surface area contributed by atoms with Gasteiger partial charge in [-0.2, -0.15) is 5.10 Å². The molecule has 0 saturated carbocycles. The number of rotatable bonds is 10. The number of ether oxygens (including phenoxy) is 3. The molecule has 2 amide bonds. The Morgan fingerprint density at radius 3 is 2.30 bits per heavy atom. The highest BCUT2D eigenvalue weighted by molar-refractivity contribution is 6.03. The van der Waals surface area contributed by atoms with Gasteiger partial charge in [0.2, 0.25) is 0 Å². The third-order valence-electron chi connectivity index (χ3n) is 8.44. The standard InChI is InChI=1S/C34H39N5O4/c1-41-26-12-8-25(9-13-26)31-21-33(39(36-31)34(35)40)30-23-38(32-15-14-28(42-2)20-29(30)32)22-24-6-10-27(11-7-24)43-19-18-37-16-4-3-5-17-37/h6-15,20,23,33H,3-5,16-19,21-22H2,1-2H3,(H2,35,40). The van der Waals surface area contributed by atoms with E-state index >= 15 is 0 Å². The normalized spacial score (nSPS) is 17.2. The van der Waals surface area contributed by atoms with Gasteiger partial charge in [0.25, 0.3) is 0 Å². The van der Waals surface area contributed by atoms with Gasteiger partial charge in [0.15, 0.2) is 0 Å². The Hall–Kier alpha value is -4.50. The fourth-order valence-corrected chi connectivity index (χ4v) is 6.10. The second kappa shape index (κ2) is 12.8. The van der Waals surface area contributed by atoms with Gasteiger partial charge in [0, 0.05) is 42.2 Å². The number of likely N-dealkylation sites (tertiary alicyclic amines) is 1. The molecule has 43 heavy (non-hydrogen) atoms. The van der Waals surface area contributed by atoms with E-state index in [4.69, 9.17) is 19.9 Å². The number of hydrazone groups is 1. The molecule has 2 aliphatic rings. The average molecular weight is 582 g/mol.